The van der Waals surface area contributed by atoms with Crippen LogP contribution in [0, 0.1) is 12.7 Å². The van der Waals surface area contributed by atoms with Crippen LogP contribution in [0.2, 0.25) is 0 Å². The maximum atomic E-state index is 13.0. The van der Waals surface area contributed by atoms with E-state index < -0.39 is 0 Å². The van der Waals surface area contributed by atoms with Crippen molar-refractivity contribution in [1.82, 2.24) is 5.32 Å². The van der Waals surface area contributed by atoms with Gasteiger partial charge in [0.2, 0.25) is 0 Å². The minimum atomic E-state index is -0.312. The van der Waals surface area contributed by atoms with Gasteiger partial charge >= 0.3 is 0 Å². The smallest absolute Gasteiger partial charge is 0.252 e. The van der Waals surface area contributed by atoms with Crippen molar-refractivity contribution in [2.24, 2.45) is 0 Å². The number of carbonyl (C=O) groups is 1. The SMILES string of the molecule is Cc1ccccc1C(=O)NC1(c2ccc(F)cc2)CC1. The molecular formula is C17H16FNO. The first-order valence-corrected chi connectivity index (χ1v) is 6.75. The highest BCUT2D eigenvalue weighted by Crippen LogP contribution is 2.45. The molecule has 1 saturated carbocycles. The Morgan fingerprint density at radius 3 is 2.35 bits per heavy atom. The molecule has 0 radical (unpaired) electrons. The first-order chi connectivity index (χ1) is 9.61. The van der Waals surface area contributed by atoms with E-state index in [1.165, 1.54) is 12.1 Å². The average molecular weight is 269 g/mol. The lowest BCUT2D eigenvalue weighted by molar-refractivity contribution is 0.0930. The summed E-state index contributed by atoms with van der Waals surface area (Å²) in [6.07, 6.45) is 1.80. The molecule has 0 aromatic heterocycles. The van der Waals surface area contributed by atoms with Gasteiger partial charge in [0.25, 0.3) is 5.91 Å². The van der Waals surface area contributed by atoms with Gasteiger partial charge in [-0.05, 0) is 49.1 Å². The number of carbonyl (C=O) groups excluding carboxylic acids is 1. The molecule has 1 amide bonds. The van der Waals surface area contributed by atoms with Crippen LogP contribution in [0.1, 0.15) is 34.3 Å². The molecule has 0 bridgehead atoms. The summed E-state index contributed by atoms with van der Waals surface area (Å²) in [6.45, 7) is 1.92. The Morgan fingerprint density at radius 1 is 1.10 bits per heavy atom. The minimum Gasteiger partial charge on any atom is -0.343 e. The van der Waals surface area contributed by atoms with E-state index in [1.54, 1.807) is 12.1 Å². The third-order valence-electron chi connectivity index (χ3n) is 3.89. The molecular weight excluding hydrogens is 253 g/mol. The molecule has 2 aromatic carbocycles. The quantitative estimate of drug-likeness (QED) is 0.907. The molecule has 2 nitrogen and oxygen atoms in total. The van der Waals surface area contributed by atoms with Crippen LogP contribution in [-0.4, -0.2) is 5.91 Å². The number of amides is 1. The van der Waals surface area contributed by atoms with E-state index in [0.717, 1.165) is 24.0 Å². The van der Waals surface area contributed by atoms with Crippen molar-refractivity contribution in [3.63, 3.8) is 0 Å². The van der Waals surface area contributed by atoms with Crippen molar-refractivity contribution >= 4 is 5.91 Å². The zero-order chi connectivity index (χ0) is 14.2. The number of hydrogen-bond acceptors (Lipinski definition) is 1. The van der Waals surface area contributed by atoms with Gasteiger partial charge < -0.3 is 5.32 Å². The molecule has 3 rings (SSSR count). The lowest BCUT2D eigenvalue weighted by Gasteiger charge is -2.18. The molecule has 3 heteroatoms. The number of rotatable bonds is 3. The number of aryl methyl sites for hydroxylation is 1. The summed E-state index contributed by atoms with van der Waals surface area (Å²) in [7, 11) is 0. The molecule has 0 unspecified atom stereocenters. The summed E-state index contributed by atoms with van der Waals surface area (Å²) >= 11 is 0. The summed E-state index contributed by atoms with van der Waals surface area (Å²) < 4.78 is 13.0. The monoisotopic (exact) mass is 269 g/mol. The second-order valence-electron chi connectivity index (χ2n) is 5.36. The molecule has 0 aliphatic heterocycles. The van der Waals surface area contributed by atoms with Crippen molar-refractivity contribution in [3.05, 3.63) is 71.0 Å². The molecule has 0 spiro atoms. The van der Waals surface area contributed by atoms with Crippen LogP contribution in [0.3, 0.4) is 0 Å². The third kappa shape index (κ3) is 2.31. The lowest BCUT2D eigenvalue weighted by Crippen LogP contribution is -2.35. The molecule has 1 aliphatic carbocycles. The highest BCUT2D eigenvalue weighted by atomic mass is 19.1. The fourth-order valence-electron chi connectivity index (χ4n) is 2.49. The van der Waals surface area contributed by atoms with Gasteiger partial charge in [-0.15, -0.1) is 0 Å². The van der Waals surface area contributed by atoms with Gasteiger partial charge in [-0.1, -0.05) is 30.3 Å². The maximum absolute atomic E-state index is 13.0. The van der Waals surface area contributed by atoms with E-state index in [1.807, 2.05) is 31.2 Å². The van der Waals surface area contributed by atoms with Crippen molar-refractivity contribution in [2.75, 3.05) is 0 Å². The van der Waals surface area contributed by atoms with E-state index in [-0.39, 0.29) is 17.3 Å². The first kappa shape index (κ1) is 12.9. The van der Waals surface area contributed by atoms with Gasteiger partial charge in [0.1, 0.15) is 5.82 Å². The van der Waals surface area contributed by atoms with Crippen molar-refractivity contribution < 1.29 is 9.18 Å². The van der Waals surface area contributed by atoms with Gasteiger partial charge in [0.15, 0.2) is 0 Å². The maximum Gasteiger partial charge on any atom is 0.252 e. The van der Waals surface area contributed by atoms with Gasteiger partial charge in [0, 0.05) is 5.56 Å². The fraction of sp³-hybridized carbons (Fsp3) is 0.235. The zero-order valence-electron chi connectivity index (χ0n) is 11.3. The molecule has 102 valence electrons. The van der Waals surface area contributed by atoms with Crippen LogP contribution in [0.4, 0.5) is 4.39 Å². The number of hydrogen-bond donors (Lipinski definition) is 1. The van der Waals surface area contributed by atoms with Crippen LogP contribution in [-0.2, 0) is 5.54 Å². The molecule has 1 fully saturated rings. The molecule has 1 aliphatic rings. The standard InChI is InChI=1S/C17H16FNO/c1-12-4-2-3-5-15(12)16(20)19-17(10-11-17)13-6-8-14(18)9-7-13/h2-9H,10-11H2,1H3,(H,19,20). The summed E-state index contributed by atoms with van der Waals surface area (Å²) in [4.78, 5) is 12.4. The van der Waals surface area contributed by atoms with Gasteiger partial charge in [-0.3, -0.25) is 4.79 Å². The number of halogens is 1. The largest absolute Gasteiger partial charge is 0.343 e. The first-order valence-electron chi connectivity index (χ1n) is 6.75. The van der Waals surface area contributed by atoms with Crippen LogP contribution >= 0.6 is 0 Å². The number of nitrogens with one attached hydrogen (secondary N) is 1. The fourth-order valence-corrected chi connectivity index (χ4v) is 2.49. The summed E-state index contributed by atoms with van der Waals surface area (Å²) in [5.74, 6) is -0.320. The molecule has 0 atom stereocenters. The van der Waals surface area contributed by atoms with E-state index >= 15 is 0 Å². The van der Waals surface area contributed by atoms with Crippen LogP contribution in [0.25, 0.3) is 0 Å². The zero-order valence-corrected chi connectivity index (χ0v) is 11.3. The van der Waals surface area contributed by atoms with Gasteiger partial charge in [-0.2, -0.15) is 0 Å². The molecule has 20 heavy (non-hydrogen) atoms. The van der Waals surface area contributed by atoms with E-state index in [9.17, 15) is 9.18 Å². The molecule has 2 aromatic rings. The highest BCUT2D eigenvalue weighted by molar-refractivity contribution is 5.96. The highest BCUT2D eigenvalue weighted by Gasteiger charge is 2.45. The lowest BCUT2D eigenvalue weighted by atomic mass is 10.0. The van der Waals surface area contributed by atoms with Crippen LogP contribution in [0.5, 0.6) is 0 Å². The van der Waals surface area contributed by atoms with Crippen molar-refractivity contribution in [3.8, 4) is 0 Å². The van der Waals surface area contributed by atoms with E-state index in [0.29, 0.717) is 5.56 Å². The van der Waals surface area contributed by atoms with Crippen LogP contribution < -0.4 is 5.32 Å². The summed E-state index contributed by atoms with van der Waals surface area (Å²) in [5.41, 5.74) is 2.31. The predicted molar refractivity (Wildman–Crippen MR) is 76.0 cm³/mol. The van der Waals surface area contributed by atoms with E-state index in [4.69, 9.17) is 0 Å². The van der Waals surface area contributed by atoms with E-state index in [2.05, 4.69) is 5.32 Å². The topological polar surface area (TPSA) is 29.1 Å². The Balaban J connectivity index is 1.82. The molecule has 0 saturated heterocycles. The number of benzene rings is 2. The van der Waals surface area contributed by atoms with Crippen molar-refractivity contribution in [1.29, 1.82) is 0 Å². The Kier molecular flexibility index (Phi) is 3.05. The average Bonchev–Trinajstić information content (AvgIpc) is 3.20. The Labute approximate surface area is 117 Å². The van der Waals surface area contributed by atoms with Crippen molar-refractivity contribution in [2.45, 2.75) is 25.3 Å². The minimum absolute atomic E-state index is 0.0649. The van der Waals surface area contributed by atoms with Crippen LogP contribution in [0.15, 0.2) is 48.5 Å². The second kappa shape index (κ2) is 4.75. The third-order valence-corrected chi connectivity index (χ3v) is 3.89. The van der Waals surface area contributed by atoms with Gasteiger partial charge in [0.05, 0.1) is 5.54 Å². The van der Waals surface area contributed by atoms with Gasteiger partial charge in [-0.25, -0.2) is 4.39 Å². The Morgan fingerprint density at radius 2 is 1.75 bits per heavy atom. The summed E-state index contributed by atoms with van der Waals surface area (Å²) in [5, 5.41) is 3.10. The Hall–Kier alpha value is -2.16. The second-order valence-corrected chi connectivity index (χ2v) is 5.36. The molecule has 0 heterocycles. The predicted octanol–water partition coefficient (Wildman–Crippen LogP) is 3.55. The molecule has 1 N–H and O–H groups in total. The Bertz CT molecular complexity index is 644. The normalized spacial score (nSPS) is 15.7. The summed E-state index contributed by atoms with van der Waals surface area (Å²) in [6, 6.07) is 13.9.